The van der Waals surface area contributed by atoms with Gasteiger partial charge in [0, 0.05) is 16.9 Å². The first-order valence-electron chi connectivity index (χ1n) is 6.12. The van der Waals surface area contributed by atoms with Crippen molar-refractivity contribution in [1.82, 2.24) is 0 Å². The van der Waals surface area contributed by atoms with Crippen LogP contribution in [0.2, 0.25) is 0 Å². The number of ether oxygens (including phenoxy) is 1. The number of rotatable bonds is 0. The molecule has 1 saturated carbocycles. The van der Waals surface area contributed by atoms with Crippen molar-refractivity contribution in [2.75, 3.05) is 0 Å². The third-order valence-electron chi connectivity index (χ3n) is 4.03. The van der Waals surface area contributed by atoms with Gasteiger partial charge in [0.05, 0.1) is 0 Å². The highest BCUT2D eigenvalue weighted by Crippen LogP contribution is 2.49. The Bertz CT molecular complexity index is 558. The molecule has 1 fully saturated rings. The third-order valence-corrected chi connectivity index (χ3v) is 4.03. The Morgan fingerprint density at radius 3 is 2.94 bits per heavy atom. The van der Waals surface area contributed by atoms with E-state index < -0.39 is 0 Å². The molecule has 1 heterocycles. The summed E-state index contributed by atoms with van der Waals surface area (Å²) in [7, 11) is 0. The van der Waals surface area contributed by atoms with Crippen LogP contribution >= 0.6 is 0 Å². The van der Waals surface area contributed by atoms with E-state index in [1.165, 1.54) is 35.6 Å². The van der Waals surface area contributed by atoms with E-state index >= 15 is 0 Å². The number of benzene rings is 2. The van der Waals surface area contributed by atoms with Crippen molar-refractivity contribution in [1.29, 1.82) is 0 Å². The maximum Gasteiger partial charge on any atom is 0.131 e. The first-order chi connectivity index (χ1) is 7.93. The first kappa shape index (κ1) is 8.63. The maximum absolute atomic E-state index is 6.14. The predicted molar refractivity (Wildman–Crippen MR) is 65.0 cm³/mol. The van der Waals surface area contributed by atoms with E-state index in [1.807, 2.05) is 0 Å². The van der Waals surface area contributed by atoms with Crippen LogP contribution in [-0.4, -0.2) is 6.10 Å². The Kier molecular flexibility index (Phi) is 1.62. The maximum atomic E-state index is 6.14. The van der Waals surface area contributed by atoms with Gasteiger partial charge in [0.1, 0.15) is 11.9 Å². The van der Waals surface area contributed by atoms with E-state index in [1.54, 1.807) is 0 Å². The van der Waals surface area contributed by atoms with Crippen LogP contribution in [0.4, 0.5) is 0 Å². The molecule has 2 atom stereocenters. The summed E-state index contributed by atoms with van der Waals surface area (Å²) >= 11 is 0. The molecule has 0 spiro atoms. The van der Waals surface area contributed by atoms with E-state index in [9.17, 15) is 0 Å². The molecule has 1 heteroatoms. The van der Waals surface area contributed by atoms with E-state index in [0.29, 0.717) is 12.0 Å². The van der Waals surface area contributed by atoms with E-state index in [2.05, 4.69) is 36.4 Å². The lowest BCUT2D eigenvalue weighted by atomic mass is 9.95. The topological polar surface area (TPSA) is 9.23 Å². The Hall–Kier alpha value is -1.50. The van der Waals surface area contributed by atoms with Crippen molar-refractivity contribution in [3.05, 3.63) is 42.0 Å². The Morgan fingerprint density at radius 1 is 1.00 bits per heavy atom. The smallest absolute Gasteiger partial charge is 0.131 e. The SMILES string of the molecule is c1ccc2c3c(ccc2c1)[C@H]1CCC[C@H]1O3. The minimum atomic E-state index is 0.459. The summed E-state index contributed by atoms with van der Waals surface area (Å²) in [6.07, 6.45) is 4.31. The average molecular weight is 210 g/mol. The lowest BCUT2D eigenvalue weighted by Crippen LogP contribution is -2.10. The number of hydrogen-bond donors (Lipinski definition) is 0. The van der Waals surface area contributed by atoms with Gasteiger partial charge < -0.3 is 4.74 Å². The zero-order valence-corrected chi connectivity index (χ0v) is 9.15. The largest absolute Gasteiger partial charge is 0.489 e. The van der Waals surface area contributed by atoms with Crippen LogP contribution in [-0.2, 0) is 0 Å². The van der Waals surface area contributed by atoms with E-state index in [0.717, 1.165) is 5.75 Å². The van der Waals surface area contributed by atoms with Crippen LogP contribution in [0.3, 0.4) is 0 Å². The Morgan fingerprint density at radius 2 is 1.94 bits per heavy atom. The Balaban J connectivity index is 2.00. The molecule has 2 aromatic rings. The van der Waals surface area contributed by atoms with Crippen molar-refractivity contribution >= 4 is 10.8 Å². The molecule has 0 aromatic heterocycles. The fraction of sp³-hybridized carbons (Fsp3) is 0.333. The molecule has 2 aliphatic rings. The molecule has 0 unspecified atom stereocenters. The molecule has 0 radical (unpaired) electrons. The standard InChI is InChI=1S/C15H14O/c1-2-5-11-10(4-1)8-9-13-12-6-3-7-14(12)16-15(11)13/h1-2,4-5,8-9,12,14H,3,6-7H2/t12-,14-/m1/s1. The van der Waals surface area contributed by atoms with Gasteiger partial charge in [0.2, 0.25) is 0 Å². The van der Waals surface area contributed by atoms with Gasteiger partial charge in [0.15, 0.2) is 0 Å². The van der Waals surface area contributed by atoms with Gasteiger partial charge in [-0.25, -0.2) is 0 Å². The second-order valence-electron chi connectivity index (χ2n) is 4.90. The van der Waals surface area contributed by atoms with Crippen LogP contribution < -0.4 is 4.74 Å². The highest BCUT2D eigenvalue weighted by molar-refractivity contribution is 5.90. The molecule has 1 aliphatic heterocycles. The van der Waals surface area contributed by atoms with Crippen LogP contribution in [0.15, 0.2) is 36.4 Å². The molecule has 1 nitrogen and oxygen atoms in total. The predicted octanol–water partition coefficient (Wildman–Crippen LogP) is 3.87. The molecule has 2 aromatic carbocycles. The van der Waals surface area contributed by atoms with Crippen LogP contribution in [0.25, 0.3) is 10.8 Å². The normalized spacial score (nSPS) is 26.5. The third kappa shape index (κ3) is 1.01. The molecular weight excluding hydrogens is 196 g/mol. The summed E-state index contributed by atoms with van der Waals surface area (Å²) in [6.45, 7) is 0. The van der Waals surface area contributed by atoms with Gasteiger partial charge >= 0.3 is 0 Å². The zero-order valence-electron chi connectivity index (χ0n) is 9.15. The second-order valence-corrected chi connectivity index (χ2v) is 4.90. The minimum Gasteiger partial charge on any atom is -0.489 e. The molecule has 80 valence electrons. The van der Waals surface area contributed by atoms with Crippen molar-refractivity contribution in [2.24, 2.45) is 0 Å². The molecule has 4 rings (SSSR count). The van der Waals surface area contributed by atoms with E-state index in [4.69, 9.17) is 4.74 Å². The summed E-state index contributed by atoms with van der Waals surface area (Å²) in [6, 6.07) is 13.0. The van der Waals surface area contributed by atoms with Crippen molar-refractivity contribution in [2.45, 2.75) is 31.3 Å². The summed E-state index contributed by atoms with van der Waals surface area (Å²) in [5, 5.41) is 2.58. The number of hydrogen-bond acceptors (Lipinski definition) is 1. The molecule has 1 aliphatic carbocycles. The van der Waals surface area contributed by atoms with Crippen LogP contribution in [0.1, 0.15) is 30.7 Å². The molecule has 0 saturated heterocycles. The van der Waals surface area contributed by atoms with Gasteiger partial charge in [0.25, 0.3) is 0 Å². The van der Waals surface area contributed by atoms with Gasteiger partial charge in [-0.15, -0.1) is 0 Å². The van der Waals surface area contributed by atoms with Gasteiger partial charge in [-0.1, -0.05) is 36.4 Å². The lowest BCUT2D eigenvalue weighted by Gasteiger charge is -2.08. The van der Waals surface area contributed by atoms with Crippen LogP contribution in [0, 0.1) is 0 Å². The molecular formula is C15H14O. The van der Waals surface area contributed by atoms with Crippen molar-refractivity contribution in [3.8, 4) is 5.75 Å². The minimum absolute atomic E-state index is 0.459. The van der Waals surface area contributed by atoms with E-state index in [-0.39, 0.29) is 0 Å². The van der Waals surface area contributed by atoms with Gasteiger partial charge in [-0.3, -0.25) is 0 Å². The second kappa shape index (κ2) is 3.00. The van der Waals surface area contributed by atoms with Gasteiger partial charge in [-0.05, 0) is 24.6 Å². The monoisotopic (exact) mass is 210 g/mol. The first-order valence-corrected chi connectivity index (χ1v) is 6.12. The van der Waals surface area contributed by atoms with Gasteiger partial charge in [-0.2, -0.15) is 0 Å². The zero-order chi connectivity index (χ0) is 10.5. The summed E-state index contributed by atoms with van der Waals surface area (Å²) in [4.78, 5) is 0. The molecule has 0 N–H and O–H groups in total. The number of fused-ring (bicyclic) bond motifs is 5. The summed E-state index contributed by atoms with van der Waals surface area (Å²) in [5.41, 5.74) is 1.45. The summed E-state index contributed by atoms with van der Waals surface area (Å²) in [5.74, 6) is 1.83. The molecule has 16 heavy (non-hydrogen) atoms. The fourth-order valence-corrected chi connectivity index (χ4v) is 3.26. The highest BCUT2D eigenvalue weighted by atomic mass is 16.5. The van der Waals surface area contributed by atoms with Crippen molar-refractivity contribution in [3.63, 3.8) is 0 Å². The quantitative estimate of drug-likeness (QED) is 0.641. The summed E-state index contributed by atoms with van der Waals surface area (Å²) < 4.78 is 6.14. The fourth-order valence-electron chi connectivity index (χ4n) is 3.26. The van der Waals surface area contributed by atoms with Crippen LogP contribution in [0.5, 0.6) is 5.75 Å². The average Bonchev–Trinajstić information content (AvgIpc) is 2.88. The van der Waals surface area contributed by atoms with Crippen molar-refractivity contribution < 1.29 is 4.74 Å². The molecule has 0 bridgehead atoms. The Labute approximate surface area is 95.0 Å². The highest BCUT2D eigenvalue weighted by Gasteiger charge is 2.38. The molecule has 0 amide bonds. The lowest BCUT2D eigenvalue weighted by molar-refractivity contribution is 0.227.